The van der Waals surface area contributed by atoms with Crippen LogP contribution in [0.3, 0.4) is 0 Å². The number of nitrogens with one attached hydrogen (secondary N) is 3. The van der Waals surface area contributed by atoms with Gasteiger partial charge >= 0.3 is 12.1 Å². The normalized spacial score (nSPS) is 10.2. The Morgan fingerprint density at radius 2 is 1.50 bits per heavy atom. The van der Waals surface area contributed by atoms with Gasteiger partial charge in [0.15, 0.2) is 0 Å². The summed E-state index contributed by atoms with van der Waals surface area (Å²) in [6.45, 7) is 4.59. The zero-order valence-corrected chi connectivity index (χ0v) is 17.2. The third-order valence-corrected chi connectivity index (χ3v) is 4.51. The third-order valence-electron chi connectivity index (χ3n) is 4.51. The third kappa shape index (κ3) is 6.10. The summed E-state index contributed by atoms with van der Waals surface area (Å²) in [5.74, 6) is 0. The molecule has 0 heterocycles. The maximum atomic E-state index is 12.9. The number of hydrogen-bond donors (Lipinski definition) is 3. The van der Waals surface area contributed by atoms with Gasteiger partial charge in [-0.2, -0.15) is 0 Å². The molecule has 0 atom stereocenters. The molecule has 0 saturated carbocycles. The molecule has 0 aliphatic carbocycles. The van der Waals surface area contributed by atoms with E-state index in [4.69, 9.17) is 0 Å². The zero-order valence-electron chi connectivity index (χ0n) is 17.2. The van der Waals surface area contributed by atoms with Crippen LogP contribution in [0.5, 0.6) is 0 Å². The smallest absolute Gasteiger partial charge is 0.326 e. The lowest BCUT2D eigenvalue weighted by Crippen LogP contribution is -2.42. The van der Waals surface area contributed by atoms with Crippen LogP contribution in [0.2, 0.25) is 0 Å². The average Bonchev–Trinajstić information content (AvgIpc) is 2.73. The van der Waals surface area contributed by atoms with E-state index in [1.807, 2.05) is 92.7 Å². The first-order valence-corrected chi connectivity index (χ1v) is 9.83. The van der Waals surface area contributed by atoms with Crippen LogP contribution in [-0.4, -0.2) is 25.2 Å². The van der Waals surface area contributed by atoms with Gasteiger partial charge in [0.2, 0.25) is 0 Å². The Morgan fingerprint density at radius 1 is 0.767 bits per heavy atom. The number of aryl methyl sites for hydroxylation is 2. The van der Waals surface area contributed by atoms with E-state index in [1.165, 1.54) is 0 Å². The second kappa shape index (κ2) is 10.1. The Balaban J connectivity index is 1.61. The van der Waals surface area contributed by atoms with Crippen molar-refractivity contribution in [1.29, 1.82) is 0 Å². The quantitative estimate of drug-likeness (QED) is 0.533. The van der Waals surface area contributed by atoms with E-state index >= 15 is 0 Å². The molecule has 0 aliphatic rings. The molecule has 154 valence electrons. The molecule has 3 rings (SSSR count). The number of amides is 4. The predicted octanol–water partition coefficient (Wildman–Crippen LogP) is 5.16. The Labute approximate surface area is 176 Å². The minimum Gasteiger partial charge on any atom is -0.336 e. The van der Waals surface area contributed by atoms with Crippen molar-refractivity contribution in [1.82, 2.24) is 5.32 Å². The highest BCUT2D eigenvalue weighted by Crippen LogP contribution is 2.16. The van der Waals surface area contributed by atoms with E-state index in [0.717, 1.165) is 28.2 Å². The molecule has 0 fully saturated rings. The highest BCUT2D eigenvalue weighted by atomic mass is 16.2. The standard InChI is InChI=1S/C24H26N4O2/c1-18-11-13-20(14-12-18)26-23(29)25-15-16-28(22-9-4-3-5-10-22)24(30)27-21-8-6-7-19(2)17-21/h3-14,17H,15-16H2,1-2H3,(H,27,30)(H2,25,26,29). The van der Waals surface area contributed by atoms with E-state index in [2.05, 4.69) is 16.0 Å². The lowest BCUT2D eigenvalue weighted by Gasteiger charge is -2.23. The van der Waals surface area contributed by atoms with Gasteiger partial charge in [-0.1, -0.05) is 48.0 Å². The van der Waals surface area contributed by atoms with Crippen molar-refractivity contribution in [3.05, 3.63) is 90.0 Å². The van der Waals surface area contributed by atoms with Gasteiger partial charge in [-0.15, -0.1) is 0 Å². The molecule has 4 amide bonds. The number of hydrogen-bond acceptors (Lipinski definition) is 2. The number of nitrogens with zero attached hydrogens (tertiary/aromatic N) is 1. The van der Waals surface area contributed by atoms with Crippen LogP contribution in [-0.2, 0) is 0 Å². The minimum absolute atomic E-state index is 0.257. The van der Waals surface area contributed by atoms with E-state index in [-0.39, 0.29) is 12.1 Å². The van der Waals surface area contributed by atoms with Crippen molar-refractivity contribution in [3.63, 3.8) is 0 Å². The summed E-state index contributed by atoms with van der Waals surface area (Å²) in [5.41, 5.74) is 4.39. The number of para-hydroxylation sites is 1. The van der Waals surface area contributed by atoms with Gasteiger partial charge in [-0.05, 0) is 55.8 Å². The molecule has 0 radical (unpaired) electrons. The molecule has 0 aliphatic heterocycles. The first kappa shape index (κ1) is 20.9. The van der Waals surface area contributed by atoms with Gasteiger partial charge < -0.3 is 16.0 Å². The lowest BCUT2D eigenvalue weighted by atomic mass is 10.2. The summed E-state index contributed by atoms with van der Waals surface area (Å²) in [6.07, 6.45) is 0. The molecule has 0 aromatic heterocycles. The van der Waals surface area contributed by atoms with Gasteiger partial charge in [0.1, 0.15) is 0 Å². The van der Waals surface area contributed by atoms with Crippen LogP contribution < -0.4 is 20.9 Å². The molecular weight excluding hydrogens is 376 g/mol. The molecule has 6 heteroatoms. The van der Waals surface area contributed by atoms with Crippen LogP contribution >= 0.6 is 0 Å². The van der Waals surface area contributed by atoms with Crippen molar-refractivity contribution in [2.45, 2.75) is 13.8 Å². The van der Waals surface area contributed by atoms with Crippen molar-refractivity contribution < 1.29 is 9.59 Å². The average molecular weight is 402 g/mol. The van der Waals surface area contributed by atoms with Crippen LogP contribution in [0.1, 0.15) is 11.1 Å². The number of anilines is 3. The molecule has 3 aromatic carbocycles. The molecule has 3 aromatic rings. The van der Waals surface area contributed by atoms with E-state index in [1.54, 1.807) is 4.90 Å². The number of urea groups is 2. The molecule has 30 heavy (non-hydrogen) atoms. The van der Waals surface area contributed by atoms with Gasteiger partial charge in [0.05, 0.1) is 0 Å². The number of carbonyl (C=O) groups is 2. The van der Waals surface area contributed by atoms with Gasteiger partial charge in [-0.25, -0.2) is 9.59 Å². The van der Waals surface area contributed by atoms with Crippen molar-refractivity contribution in [3.8, 4) is 0 Å². The topological polar surface area (TPSA) is 73.5 Å². The second-order valence-corrected chi connectivity index (χ2v) is 7.03. The lowest BCUT2D eigenvalue weighted by molar-refractivity contribution is 0.250. The summed E-state index contributed by atoms with van der Waals surface area (Å²) in [7, 11) is 0. The molecule has 0 saturated heterocycles. The summed E-state index contributed by atoms with van der Waals surface area (Å²) < 4.78 is 0. The highest BCUT2D eigenvalue weighted by molar-refractivity contribution is 6.01. The Bertz CT molecular complexity index is 988. The SMILES string of the molecule is Cc1ccc(NC(=O)NCCN(C(=O)Nc2cccc(C)c2)c2ccccc2)cc1. The highest BCUT2D eigenvalue weighted by Gasteiger charge is 2.16. The largest absolute Gasteiger partial charge is 0.336 e. The molecule has 6 nitrogen and oxygen atoms in total. The summed E-state index contributed by atoms with van der Waals surface area (Å²) in [5, 5.41) is 8.51. The fourth-order valence-corrected chi connectivity index (χ4v) is 2.96. The predicted molar refractivity (Wildman–Crippen MR) is 122 cm³/mol. The Hall–Kier alpha value is -3.80. The fraction of sp³-hybridized carbons (Fsp3) is 0.167. The summed E-state index contributed by atoms with van der Waals surface area (Å²) in [6, 6.07) is 24.0. The molecule has 0 bridgehead atoms. The van der Waals surface area contributed by atoms with Gasteiger partial charge in [0, 0.05) is 30.2 Å². The molecule has 3 N–H and O–H groups in total. The van der Waals surface area contributed by atoms with Crippen molar-refractivity contribution >= 4 is 29.1 Å². The molecular formula is C24H26N4O2. The van der Waals surface area contributed by atoms with E-state index < -0.39 is 0 Å². The Kier molecular flexibility index (Phi) is 7.05. The number of benzene rings is 3. The van der Waals surface area contributed by atoms with Crippen LogP contribution in [0, 0.1) is 13.8 Å². The van der Waals surface area contributed by atoms with E-state index in [9.17, 15) is 9.59 Å². The maximum absolute atomic E-state index is 12.9. The van der Waals surface area contributed by atoms with Crippen LogP contribution in [0.4, 0.5) is 26.7 Å². The van der Waals surface area contributed by atoms with Gasteiger partial charge in [-0.3, -0.25) is 4.90 Å². The minimum atomic E-state index is -0.314. The zero-order chi connectivity index (χ0) is 21.3. The van der Waals surface area contributed by atoms with Crippen molar-refractivity contribution in [2.24, 2.45) is 0 Å². The maximum Gasteiger partial charge on any atom is 0.326 e. The number of carbonyl (C=O) groups excluding carboxylic acids is 2. The number of rotatable bonds is 6. The second-order valence-electron chi connectivity index (χ2n) is 7.03. The molecule has 0 unspecified atom stereocenters. The first-order valence-electron chi connectivity index (χ1n) is 9.83. The first-order chi connectivity index (χ1) is 14.5. The van der Waals surface area contributed by atoms with E-state index in [0.29, 0.717) is 13.1 Å². The van der Waals surface area contributed by atoms with Crippen molar-refractivity contribution in [2.75, 3.05) is 28.6 Å². The monoisotopic (exact) mass is 402 g/mol. The van der Waals surface area contributed by atoms with Gasteiger partial charge in [0.25, 0.3) is 0 Å². The summed E-state index contributed by atoms with van der Waals surface area (Å²) in [4.78, 5) is 26.7. The summed E-state index contributed by atoms with van der Waals surface area (Å²) >= 11 is 0. The Morgan fingerprint density at radius 3 is 2.20 bits per heavy atom. The van der Waals surface area contributed by atoms with Crippen LogP contribution in [0.25, 0.3) is 0 Å². The fourth-order valence-electron chi connectivity index (χ4n) is 2.96. The molecule has 0 spiro atoms. The van der Waals surface area contributed by atoms with Crippen LogP contribution in [0.15, 0.2) is 78.9 Å².